The maximum atomic E-state index is 5.93. The van der Waals surface area contributed by atoms with Crippen LogP contribution in [0.4, 0.5) is 5.69 Å². The Morgan fingerprint density at radius 1 is 1.17 bits per heavy atom. The number of imidazole rings is 1. The van der Waals surface area contributed by atoms with Crippen molar-refractivity contribution in [1.82, 2.24) is 9.97 Å². The minimum atomic E-state index is 0.786. The van der Waals surface area contributed by atoms with Gasteiger partial charge in [0, 0.05) is 15.7 Å². The molecule has 3 aromatic rings. The number of nitrogens with zero attached hydrogens (tertiary/aromatic N) is 1. The highest BCUT2D eigenvalue weighted by Gasteiger charge is 2.06. The van der Waals surface area contributed by atoms with E-state index >= 15 is 0 Å². The molecule has 0 aliphatic heterocycles. The molecular weight excluding hydrogens is 290 g/mol. The zero-order valence-electron chi connectivity index (χ0n) is 9.87. The van der Waals surface area contributed by atoms with Crippen molar-refractivity contribution < 1.29 is 0 Å². The highest BCUT2D eigenvalue weighted by Crippen LogP contribution is 2.25. The fraction of sp³-hybridized carbons (Fsp3) is 0.0714. The van der Waals surface area contributed by atoms with Crippen molar-refractivity contribution in [3.63, 3.8) is 0 Å². The number of aromatic amines is 1. The predicted molar refractivity (Wildman–Crippen MR) is 78.4 cm³/mol. The van der Waals surface area contributed by atoms with Crippen LogP contribution in [0.25, 0.3) is 22.4 Å². The normalized spacial score (nSPS) is 11.0. The molecule has 18 heavy (non-hydrogen) atoms. The van der Waals surface area contributed by atoms with Crippen LogP contribution in [0.3, 0.4) is 0 Å². The number of aromatic nitrogens is 2. The molecule has 0 aliphatic rings. The Kier molecular flexibility index (Phi) is 2.59. The Morgan fingerprint density at radius 2 is 2.00 bits per heavy atom. The van der Waals surface area contributed by atoms with Crippen molar-refractivity contribution in [3.05, 3.63) is 46.4 Å². The molecule has 4 heteroatoms. The second-order valence-corrected chi connectivity index (χ2v) is 5.23. The van der Waals surface area contributed by atoms with E-state index in [9.17, 15) is 0 Å². The minimum absolute atomic E-state index is 0.786. The smallest absolute Gasteiger partial charge is 0.138 e. The summed E-state index contributed by atoms with van der Waals surface area (Å²) < 4.78 is 1.04. The van der Waals surface area contributed by atoms with E-state index in [1.54, 1.807) is 0 Å². The summed E-state index contributed by atoms with van der Waals surface area (Å²) in [4.78, 5) is 7.87. The molecule has 0 amide bonds. The van der Waals surface area contributed by atoms with E-state index in [-0.39, 0.29) is 0 Å². The van der Waals surface area contributed by atoms with Crippen LogP contribution >= 0.6 is 15.9 Å². The van der Waals surface area contributed by atoms with E-state index in [1.807, 2.05) is 43.3 Å². The number of aryl methyl sites for hydroxylation is 1. The standard InChI is InChI=1S/C14H12BrN3/c1-8-2-3-9(6-11(8)16)14-17-12-5-4-10(15)7-13(12)18-14/h2-7H,16H2,1H3,(H,17,18). The van der Waals surface area contributed by atoms with Gasteiger partial charge in [-0.3, -0.25) is 0 Å². The number of nitrogens with one attached hydrogen (secondary N) is 1. The van der Waals surface area contributed by atoms with Crippen molar-refractivity contribution in [2.75, 3.05) is 5.73 Å². The molecule has 90 valence electrons. The Hall–Kier alpha value is -1.81. The Morgan fingerprint density at radius 3 is 2.78 bits per heavy atom. The van der Waals surface area contributed by atoms with Gasteiger partial charge in [0.1, 0.15) is 5.82 Å². The van der Waals surface area contributed by atoms with E-state index in [1.165, 1.54) is 0 Å². The number of hydrogen-bond acceptors (Lipinski definition) is 2. The van der Waals surface area contributed by atoms with E-state index in [0.717, 1.165) is 38.1 Å². The number of rotatable bonds is 1. The van der Waals surface area contributed by atoms with Gasteiger partial charge in [0.05, 0.1) is 11.0 Å². The highest BCUT2D eigenvalue weighted by molar-refractivity contribution is 9.10. The zero-order chi connectivity index (χ0) is 12.7. The number of hydrogen-bond donors (Lipinski definition) is 2. The highest BCUT2D eigenvalue weighted by atomic mass is 79.9. The first kappa shape index (κ1) is 11.3. The minimum Gasteiger partial charge on any atom is -0.398 e. The molecule has 0 saturated heterocycles. The molecule has 1 aromatic heterocycles. The van der Waals surface area contributed by atoms with E-state index in [2.05, 4.69) is 25.9 Å². The maximum Gasteiger partial charge on any atom is 0.138 e. The molecule has 0 atom stereocenters. The molecule has 0 spiro atoms. The van der Waals surface area contributed by atoms with E-state index < -0.39 is 0 Å². The van der Waals surface area contributed by atoms with Gasteiger partial charge in [0.15, 0.2) is 0 Å². The van der Waals surface area contributed by atoms with Gasteiger partial charge in [-0.2, -0.15) is 0 Å². The monoisotopic (exact) mass is 301 g/mol. The lowest BCUT2D eigenvalue weighted by Gasteiger charge is -2.01. The molecule has 3 rings (SSSR count). The van der Waals surface area contributed by atoms with Crippen LogP contribution in [-0.2, 0) is 0 Å². The molecule has 3 nitrogen and oxygen atoms in total. The Balaban J connectivity index is 2.16. The Bertz CT molecular complexity index is 731. The third-order valence-corrected chi connectivity index (χ3v) is 3.49. The molecule has 2 aromatic carbocycles. The van der Waals surface area contributed by atoms with Gasteiger partial charge in [0.25, 0.3) is 0 Å². The number of anilines is 1. The van der Waals surface area contributed by atoms with Crippen LogP contribution in [0, 0.1) is 6.92 Å². The maximum absolute atomic E-state index is 5.93. The average molecular weight is 302 g/mol. The van der Waals surface area contributed by atoms with Gasteiger partial charge in [-0.05, 0) is 36.8 Å². The fourth-order valence-electron chi connectivity index (χ4n) is 1.91. The van der Waals surface area contributed by atoms with Gasteiger partial charge in [-0.15, -0.1) is 0 Å². The summed E-state index contributed by atoms with van der Waals surface area (Å²) >= 11 is 3.45. The number of fused-ring (bicyclic) bond motifs is 1. The number of nitrogens with two attached hydrogens (primary N) is 1. The summed E-state index contributed by atoms with van der Waals surface area (Å²) in [6.45, 7) is 1.99. The largest absolute Gasteiger partial charge is 0.398 e. The first-order chi connectivity index (χ1) is 8.63. The van der Waals surface area contributed by atoms with Gasteiger partial charge < -0.3 is 10.7 Å². The molecule has 0 unspecified atom stereocenters. The van der Waals surface area contributed by atoms with Gasteiger partial charge in [-0.1, -0.05) is 28.1 Å². The summed E-state index contributed by atoms with van der Waals surface area (Å²) in [6.07, 6.45) is 0. The molecule has 0 radical (unpaired) electrons. The summed E-state index contributed by atoms with van der Waals surface area (Å²) in [5.41, 5.74) is 10.8. The number of halogens is 1. The molecule has 0 bridgehead atoms. The number of nitrogen functional groups attached to an aromatic ring is 1. The summed E-state index contributed by atoms with van der Waals surface area (Å²) in [5.74, 6) is 0.842. The van der Waals surface area contributed by atoms with Crippen molar-refractivity contribution in [2.24, 2.45) is 0 Å². The third kappa shape index (κ3) is 1.88. The summed E-state index contributed by atoms with van der Waals surface area (Å²) in [5, 5.41) is 0. The lowest BCUT2D eigenvalue weighted by atomic mass is 10.1. The second-order valence-electron chi connectivity index (χ2n) is 4.32. The van der Waals surface area contributed by atoms with Crippen LogP contribution in [0.1, 0.15) is 5.56 Å². The quantitative estimate of drug-likeness (QED) is 0.670. The topological polar surface area (TPSA) is 54.7 Å². The average Bonchev–Trinajstić information content (AvgIpc) is 2.75. The van der Waals surface area contributed by atoms with Crippen LogP contribution in [0.5, 0.6) is 0 Å². The van der Waals surface area contributed by atoms with Gasteiger partial charge in [0.2, 0.25) is 0 Å². The zero-order valence-corrected chi connectivity index (χ0v) is 11.5. The van der Waals surface area contributed by atoms with E-state index in [4.69, 9.17) is 5.73 Å². The molecule has 3 N–H and O–H groups in total. The van der Waals surface area contributed by atoms with Crippen LogP contribution in [0.15, 0.2) is 40.9 Å². The van der Waals surface area contributed by atoms with Crippen molar-refractivity contribution >= 4 is 32.7 Å². The number of H-pyrrole nitrogens is 1. The first-order valence-corrected chi connectivity index (χ1v) is 6.44. The molecule has 0 aliphatic carbocycles. The van der Waals surface area contributed by atoms with Crippen molar-refractivity contribution in [2.45, 2.75) is 6.92 Å². The lowest BCUT2D eigenvalue weighted by molar-refractivity contribution is 1.33. The van der Waals surface area contributed by atoms with Crippen LogP contribution < -0.4 is 5.73 Å². The van der Waals surface area contributed by atoms with E-state index in [0.29, 0.717) is 0 Å². The van der Waals surface area contributed by atoms with Crippen LogP contribution in [0.2, 0.25) is 0 Å². The Labute approximate surface area is 113 Å². The van der Waals surface area contributed by atoms with Crippen molar-refractivity contribution in [1.29, 1.82) is 0 Å². The summed E-state index contributed by atoms with van der Waals surface area (Å²) in [6, 6.07) is 12.0. The van der Waals surface area contributed by atoms with Gasteiger partial charge in [-0.25, -0.2) is 4.98 Å². The molecular formula is C14H12BrN3. The first-order valence-electron chi connectivity index (χ1n) is 5.65. The third-order valence-electron chi connectivity index (χ3n) is 3.00. The number of benzene rings is 2. The molecule has 0 saturated carbocycles. The molecule has 1 heterocycles. The summed E-state index contributed by atoms with van der Waals surface area (Å²) in [7, 11) is 0. The SMILES string of the molecule is Cc1ccc(-c2nc3ccc(Br)cc3[nH]2)cc1N. The predicted octanol–water partition coefficient (Wildman–Crippen LogP) is 3.88. The fourth-order valence-corrected chi connectivity index (χ4v) is 2.27. The van der Waals surface area contributed by atoms with Crippen molar-refractivity contribution in [3.8, 4) is 11.4 Å². The second kappa shape index (κ2) is 4.14. The van der Waals surface area contributed by atoms with Gasteiger partial charge >= 0.3 is 0 Å². The van der Waals surface area contributed by atoms with Crippen LogP contribution in [-0.4, -0.2) is 9.97 Å². The lowest BCUT2D eigenvalue weighted by Crippen LogP contribution is -1.90. The molecule has 0 fully saturated rings.